The molecule has 0 radical (unpaired) electrons. The molecule has 1 unspecified atom stereocenters. The van der Waals surface area contributed by atoms with E-state index in [4.69, 9.17) is 0 Å². The number of aliphatic hydroxyl groups is 1. The average Bonchev–Trinajstić information content (AvgIpc) is 3.37. The number of carbonyl (C=O) groups excluding carboxylic acids is 1. The molecule has 27 heavy (non-hydrogen) atoms. The minimum atomic E-state index is -0.575. The SMILES string of the molecule is Cn1ccnc1C(O)C1CCN(C(=O)c2cn[nH]c2C2CCCCC2)CC1. The number of rotatable bonds is 4. The number of imidazole rings is 1. The Morgan fingerprint density at radius 3 is 2.63 bits per heavy atom. The smallest absolute Gasteiger partial charge is 0.257 e. The maximum absolute atomic E-state index is 13.1. The third-order valence-electron chi connectivity index (χ3n) is 6.31. The molecule has 3 heterocycles. The van der Waals surface area contributed by atoms with Crippen LogP contribution in [0.2, 0.25) is 0 Å². The summed E-state index contributed by atoms with van der Waals surface area (Å²) in [6.07, 6.45) is 12.3. The topological polar surface area (TPSA) is 87.0 Å². The standard InChI is InChI=1S/C20H29N5O2/c1-24-12-9-21-19(24)18(26)15-7-10-25(11-8-15)20(27)16-13-22-23-17(16)14-5-3-2-4-6-14/h9,12-15,18,26H,2-8,10-11H2,1H3,(H,22,23). The van der Waals surface area contributed by atoms with E-state index in [9.17, 15) is 9.90 Å². The number of carbonyl (C=O) groups is 1. The molecule has 1 atom stereocenters. The molecule has 146 valence electrons. The van der Waals surface area contributed by atoms with Gasteiger partial charge in [-0.2, -0.15) is 5.10 Å². The number of aliphatic hydroxyl groups excluding tert-OH is 1. The molecule has 0 spiro atoms. The summed E-state index contributed by atoms with van der Waals surface area (Å²) in [7, 11) is 1.90. The zero-order valence-electron chi connectivity index (χ0n) is 16.0. The Morgan fingerprint density at radius 2 is 1.96 bits per heavy atom. The summed E-state index contributed by atoms with van der Waals surface area (Å²) in [6, 6.07) is 0. The van der Waals surface area contributed by atoms with Crippen molar-refractivity contribution >= 4 is 5.91 Å². The van der Waals surface area contributed by atoms with E-state index in [-0.39, 0.29) is 11.8 Å². The fourth-order valence-electron chi connectivity index (χ4n) is 4.63. The van der Waals surface area contributed by atoms with Gasteiger partial charge in [-0.25, -0.2) is 4.98 Å². The molecule has 1 saturated carbocycles. The number of nitrogens with zero attached hydrogens (tertiary/aromatic N) is 4. The van der Waals surface area contributed by atoms with E-state index in [1.807, 2.05) is 22.7 Å². The van der Waals surface area contributed by atoms with Gasteiger partial charge >= 0.3 is 0 Å². The van der Waals surface area contributed by atoms with Crippen LogP contribution in [-0.4, -0.2) is 48.8 Å². The first kappa shape index (κ1) is 18.2. The predicted molar refractivity (Wildman–Crippen MR) is 101 cm³/mol. The van der Waals surface area contributed by atoms with Crippen LogP contribution >= 0.6 is 0 Å². The Balaban J connectivity index is 1.39. The second-order valence-electron chi connectivity index (χ2n) is 8.00. The maximum Gasteiger partial charge on any atom is 0.257 e. The average molecular weight is 371 g/mol. The van der Waals surface area contributed by atoms with E-state index in [0.29, 0.717) is 24.8 Å². The van der Waals surface area contributed by atoms with E-state index in [0.717, 1.165) is 36.9 Å². The lowest BCUT2D eigenvalue weighted by molar-refractivity contribution is 0.0419. The van der Waals surface area contributed by atoms with E-state index in [2.05, 4.69) is 15.2 Å². The van der Waals surface area contributed by atoms with Gasteiger partial charge in [0.15, 0.2) is 0 Å². The summed E-state index contributed by atoms with van der Waals surface area (Å²) in [5.41, 5.74) is 1.76. The first-order chi connectivity index (χ1) is 13.1. The van der Waals surface area contributed by atoms with Crippen LogP contribution in [0.5, 0.6) is 0 Å². The highest BCUT2D eigenvalue weighted by Crippen LogP contribution is 2.34. The summed E-state index contributed by atoms with van der Waals surface area (Å²) in [5.74, 6) is 1.35. The molecule has 2 aromatic heterocycles. The molecular formula is C20H29N5O2. The quantitative estimate of drug-likeness (QED) is 0.865. The number of aryl methyl sites for hydroxylation is 1. The monoisotopic (exact) mass is 371 g/mol. The van der Waals surface area contributed by atoms with Gasteiger partial charge in [0, 0.05) is 38.4 Å². The molecule has 1 saturated heterocycles. The molecule has 7 heteroatoms. The van der Waals surface area contributed by atoms with Gasteiger partial charge in [-0.3, -0.25) is 9.89 Å². The Morgan fingerprint density at radius 1 is 1.22 bits per heavy atom. The summed E-state index contributed by atoms with van der Waals surface area (Å²) in [4.78, 5) is 19.3. The number of hydrogen-bond acceptors (Lipinski definition) is 4. The summed E-state index contributed by atoms with van der Waals surface area (Å²) in [6.45, 7) is 1.33. The van der Waals surface area contributed by atoms with E-state index < -0.39 is 6.10 Å². The van der Waals surface area contributed by atoms with Crippen molar-refractivity contribution in [1.82, 2.24) is 24.6 Å². The Bertz CT molecular complexity index is 769. The molecule has 0 aromatic carbocycles. The zero-order valence-corrected chi connectivity index (χ0v) is 16.0. The lowest BCUT2D eigenvalue weighted by Gasteiger charge is -2.34. The summed E-state index contributed by atoms with van der Waals surface area (Å²) < 4.78 is 1.87. The normalized spacial score (nSPS) is 20.7. The highest BCUT2D eigenvalue weighted by Gasteiger charge is 2.32. The predicted octanol–water partition coefficient (Wildman–Crippen LogP) is 2.78. The molecule has 2 fully saturated rings. The van der Waals surface area contributed by atoms with Crippen LogP contribution in [0.25, 0.3) is 0 Å². The molecule has 2 N–H and O–H groups in total. The van der Waals surface area contributed by atoms with Crippen LogP contribution in [0.4, 0.5) is 0 Å². The van der Waals surface area contributed by atoms with Crippen LogP contribution in [-0.2, 0) is 7.05 Å². The number of nitrogens with one attached hydrogen (secondary N) is 1. The molecule has 2 aliphatic rings. The van der Waals surface area contributed by atoms with Crippen molar-refractivity contribution in [2.45, 2.75) is 57.0 Å². The van der Waals surface area contributed by atoms with Crippen LogP contribution in [0.15, 0.2) is 18.6 Å². The Labute approximate surface area is 159 Å². The summed E-state index contributed by atoms with van der Waals surface area (Å²) in [5, 5.41) is 17.9. The summed E-state index contributed by atoms with van der Waals surface area (Å²) >= 11 is 0. The number of aromatic nitrogens is 4. The fraction of sp³-hybridized carbons (Fsp3) is 0.650. The van der Waals surface area contributed by atoms with Gasteiger partial charge in [-0.15, -0.1) is 0 Å². The van der Waals surface area contributed by atoms with Gasteiger partial charge in [-0.05, 0) is 31.6 Å². The largest absolute Gasteiger partial charge is 0.385 e. The van der Waals surface area contributed by atoms with Crippen molar-refractivity contribution < 1.29 is 9.90 Å². The number of H-pyrrole nitrogens is 1. The lowest BCUT2D eigenvalue weighted by atomic mass is 9.85. The minimum absolute atomic E-state index is 0.0780. The fourth-order valence-corrected chi connectivity index (χ4v) is 4.63. The first-order valence-corrected chi connectivity index (χ1v) is 10.1. The third kappa shape index (κ3) is 3.65. The van der Waals surface area contributed by atoms with Crippen LogP contribution < -0.4 is 0 Å². The van der Waals surface area contributed by atoms with E-state index in [1.54, 1.807) is 12.4 Å². The lowest BCUT2D eigenvalue weighted by Crippen LogP contribution is -2.40. The molecule has 1 aliphatic carbocycles. The molecule has 4 rings (SSSR count). The number of amides is 1. The molecule has 0 bridgehead atoms. The van der Waals surface area contributed by atoms with Gasteiger partial charge in [0.05, 0.1) is 17.5 Å². The number of likely N-dealkylation sites (tertiary alicyclic amines) is 1. The van der Waals surface area contributed by atoms with Crippen LogP contribution in [0.1, 0.15) is 78.8 Å². The van der Waals surface area contributed by atoms with Crippen molar-refractivity contribution in [3.05, 3.63) is 35.7 Å². The van der Waals surface area contributed by atoms with Crippen LogP contribution in [0.3, 0.4) is 0 Å². The van der Waals surface area contributed by atoms with Crippen molar-refractivity contribution in [2.24, 2.45) is 13.0 Å². The highest BCUT2D eigenvalue weighted by atomic mass is 16.3. The molecule has 1 amide bonds. The zero-order chi connectivity index (χ0) is 18.8. The van der Waals surface area contributed by atoms with Crippen LogP contribution in [0, 0.1) is 5.92 Å². The Hall–Kier alpha value is -2.15. The number of piperidine rings is 1. The van der Waals surface area contributed by atoms with Crippen molar-refractivity contribution in [3.8, 4) is 0 Å². The van der Waals surface area contributed by atoms with Crippen molar-refractivity contribution in [3.63, 3.8) is 0 Å². The Kier molecular flexibility index (Phi) is 5.29. The molecular weight excluding hydrogens is 342 g/mol. The second kappa shape index (κ2) is 7.84. The van der Waals surface area contributed by atoms with Gasteiger partial charge in [0.1, 0.15) is 11.9 Å². The van der Waals surface area contributed by atoms with Gasteiger partial charge in [0.2, 0.25) is 0 Å². The van der Waals surface area contributed by atoms with Crippen molar-refractivity contribution in [1.29, 1.82) is 0 Å². The second-order valence-corrected chi connectivity index (χ2v) is 8.00. The van der Waals surface area contributed by atoms with Gasteiger partial charge in [0.25, 0.3) is 5.91 Å². The van der Waals surface area contributed by atoms with Gasteiger partial charge < -0.3 is 14.6 Å². The molecule has 7 nitrogen and oxygen atoms in total. The first-order valence-electron chi connectivity index (χ1n) is 10.1. The minimum Gasteiger partial charge on any atom is -0.385 e. The van der Waals surface area contributed by atoms with E-state index in [1.165, 1.54) is 19.3 Å². The number of hydrogen-bond donors (Lipinski definition) is 2. The van der Waals surface area contributed by atoms with E-state index >= 15 is 0 Å². The maximum atomic E-state index is 13.1. The van der Waals surface area contributed by atoms with Crippen molar-refractivity contribution in [2.75, 3.05) is 13.1 Å². The molecule has 1 aliphatic heterocycles. The van der Waals surface area contributed by atoms with Gasteiger partial charge in [-0.1, -0.05) is 19.3 Å². The molecule has 2 aromatic rings. The third-order valence-corrected chi connectivity index (χ3v) is 6.31. The number of aromatic amines is 1. The highest BCUT2D eigenvalue weighted by molar-refractivity contribution is 5.95.